The van der Waals surface area contributed by atoms with Crippen molar-refractivity contribution in [3.8, 4) is 11.5 Å². The minimum absolute atomic E-state index is 0.0762. The number of thiazole rings is 1. The van der Waals surface area contributed by atoms with Gasteiger partial charge in [-0.25, -0.2) is 18.1 Å². The molecule has 20 heavy (non-hydrogen) atoms. The van der Waals surface area contributed by atoms with Crippen LogP contribution in [0.1, 0.15) is 5.56 Å². The molecule has 106 valence electrons. The molecule has 1 aromatic carbocycles. The van der Waals surface area contributed by atoms with Crippen LogP contribution >= 0.6 is 22.9 Å². The van der Waals surface area contributed by atoms with E-state index in [0.29, 0.717) is 17.1 Å². The van der Waals surface area contributed by atoms with Gasteiger partial charge in [0.2, 0.25) is 6.79 Å². The molecule has 0 radical (unpaired) electrons. The van der Waals surface area contributed by atoms with Gasteiger partial charge in [0.05, 0.1) is 6.20 Å². The number of hydrogen-bond donors (Lipinski definition) is 1. The fourth-order valence-electron chi connectivity index (χ4n) is 1.74. The molecule has 0 aliphatic carbocycles. The predicted octanol–water partition coefficient (Wildman–Crippen LogP) is 2.00. The Kier molecular flexibility index (Phi) is 3.55. The van der Waals surface area contributed by atoms with E-state index >= 15 is 0 Å². The van der Waals surface area contributed by atoms with E-state index < -0.39 is 10.0 Å². The van der Waals surface area contributed by atoms with Crippen LogP contribution < -0.4 is 14.2 Å². The third kappa shape index (κ3) is 2.59. The summed E-state index contributed by atoms with van der Waals surface area (Å²) in [6.07, 6.45) is 1.23. The van der Waals surface area contributed by atoms with E-state index in [1.807, 2.05) is 0 Å². The molecule has 2 heterocycles. The van der Waals surface area contributed by atoms with Gasteiger partial charge in [-0.3, -0.25) is 0 Å². The van der Waals surface area contributed by atoms with E-state index in [-0.39, 0.29) is 22.0 Å². The van der Waals surface area contributed by atoms with Crippen LogP contribution in [0.4, 0.5) is 0 Å². The number of nitrogens with zero attached hydrogens (tertiary/aromatic N) is 1. The maximum absolute atomic E-state index is 12.0. The van der Waals surface area contributed by atoms with E-state index in [9.17, 15) is 8.42 Å². The second-order valence-corrected chi connectivity index (χ2v) is 7.51. The van der Waals surface area contributed by atoms with Crippen LogP contribution in [-0.4, -0.2) is 20.2 Å². The van der Waals surface area contributed by atoms with E-state index in [0.717, 1.165) is 11.3 Å². The number of sulfonamides is 1. The number of aromatic nitrogens is 1. The van der Waals surface area contributed by atoms with Gasteiger partial charge in [-0.15, -0.1) is 0 Å². The Bertz CT molecular complexity index is 745. The molecule has 1 aliphatic rings. The van der Waals surface area contributed by atoms with Gasteiger partial charge < -0.3 is 9.47 Å². The lowest BCUT2D eigenvalue weighted by Crippen LogP contribution is -2.22. The molecule has 1 N–H and O–H groups in total. The van der Waals surface area contributed by atoms with Crippen LogP contribution in [0.25, 0.3) is 0 Å². The molecule has 0 saturated heterocycles. The molecule has 0 bridgehead atoms. The molecular formula is C11H9ClN2O4S2. The summed E-state index contributed by atoms with van der Waals surface area (Å²) in [6.45, 7) is 0.244. The fourth-order valence-corrected chi connectivity index (χ4v) is 4.08. The van der Waals surface area contributed by atoms with Gasteiger partial charge in [-0.1, -0.05) is 35.1 Å². The van der Waals surface area contributed by atoms with E-state index in [1.54, 1.807) is 18.2 Å². The summed E-state index contributed by atoms with van der Waals surface area (Å²) in [5.74, 6) is 1.18. The first-order valence-electron chi connectivity index (χ1n) is 5.55. The van der Waals surface area contributed by atoms with Gasteiger partial charge in [-0.05, 0) is 6.07 Å². The number of nitrogens with one attached hydrogen (secondary N) is 1. The van der Waals surface area contributed by atoms with Crippen molar-refractivity contribution in [3.05, 3.63) is 34.4 Å². The first-order chi connectivity index (χ1) is 9.56. The lowest BCUT2D eigenvalue weighted by atomic mass is 10.2. The highest BCUT2D eigenvalue weighted by atomic mass is 35.5. The van der Waals surface area contributed by atoms with Gasteiger partial charge in [0.15, 0.2) is 20.2 Å². The Morgan fingerprint density at radius 2 is 2.25 bits per heavy atom. The highest BCUT2D eigenvalue weighted by Crippen LogP contribution is 2.35. The largest absolute Gasteiger partial charge is 0.454 e. The molecule has 2 aromatic rings. The minimum atomic E-state index is -3.63. The summed E-state index contributed by atoms with van der Waals surface area (Å²) in [5.41, 5.74) is 0.708. The molecule has 0 spiro atoms. The van der Waals surface area contributed by atoms with Crippen LogP contribution in [0.5, 0.6) is 11.5 Å². The quantitative estimate of drug-likeness (QED) is 0.926. The second kappa shape index (κ2) is 5.21. The Morgan fingerprint density at radius 1 is 1.40 bits per heavy atom. The Balaban J connectivity index is 1.79. The molecular weight excluding hydrogens is 324 g/mol. The maximum atomic E-state index is 12.0. The van der Waals surface area contributed by atoms with Gasteiger partial charge in [-0.2, -0.15) is 0 Å². The van der Waals surface area contributed by atoms with Crippen molar-refractivity contribution in [3.63, 3.8) is 0 Å². The third-order valence-corrected chi connectivity index (χ3v) is 5.63. The molecule has 0 saturated carbocycles. The number of para-hydroxylation sites is 1. The van der Waals surface area contributed by atoms with Crippen molar-refractivity contribution in [2.75, 3.05) is 6.79 Å². The highest BCUT2D eigenvalue weighted by Gasteiger charge is 2.21. The average Bonchev–Trinajstić information content (AvgIpc) is 3.05. The molecule has 1 aliphatic heterocycles. The summed E-state index contributed by atoms with van der Waals surface area (Å²) in [6, 6.07) is 5.32. The zero-order chi connectivity index (χ0) is 14.2. The summed E-state index contributed by atoms with van der Waals surface area (Å²) < 4.78 is 37.4. The SMILES string of the molecule is O=S(=O)(NCc1cccc2c1OCO2)c1cnc(Cl)s1. The maximum Gasteiger partial charge on any atom is 0.252 e. The summed E-state index contributed by atoms with van der Waals surface area (Å²) >= 11 is 6.54. The van der Waals surface area contributed by atoms with Gasteiger partial charge >= 0.3 is 0 Å². The van der Waals surface area contributed by atoms with Crippen LogP contribution in [0.2, 0.25) is 4.47 Å². The molecule has 1 aromatic heterocycles. The smallest absolute Gasteiger partial charge is 0.252 e. The number of ether oxygens (including phenoxy) is 2. The normalized spacial score (nSPS) is 13.7. The van der Waals surface area contributed by atoms with Gasteiger partial charge in [0, 0.05) is 12.1 Å². The monoisotopic (exact) mass is 332 g/mol. The van der Waals surface area contributed by atoms with E-state index in [4.69, 9.17) is 21.1 Å². The standard InChI is InChI=1S/C11H9ClN2O4S2/c12-11-13-5-9(19-11)20(15,16)14-4-7-2-1-3-8-10(7)18-6-17-8/h1-3,5,14H,4,6H2. The van der Waals surface area contributed by atoms with E-state index in [1.165, 1.54) is 6.20 Å². The number of fused-ring (bicyclic) bond motifs is 1. The Labute approximate surface area is 124 Å². The number of hydrogen-bond acceptors (Lipinski definition) is 6. The van der Waals surface area contributed by atoms with Crippen molar-refractivity contribution in [1.29, 1.82) is 0 Å². The van der Waals surface area contributed by atoms with E-state index in [2.05, 4.69) is 9.71 Å². The molecule has 0 unspecified atom stereocenters. The van der Waals surface area contributed by atoms with Crippen LogP contribution in [-0.2, 0) is 16.6 Å². The summed E-state index contributed by atoms with van der Waals surface area (Å²) in [4.78, 5) is 3.72. The number of halogens is 1. The zero-order valence-corrected chi connectivity index (χ0v) is 12.4. The van der Waals surface area contributed by atoms with Crippen LogP contribution in [0, 0.1) is 0 Å². The molecule has 9 heteroatoms. The first kappa shape index (κ1) is 13.6. The first-order valence-corrected chi connectivity index (χ1v) is 8.22. The van der Waals surface area contributed by atoms with Crippen molar-refractivity contribution < 1.29 is 17.9 Å². The third-order valence-electron chi connectivity index (χ3n) is 2.65. The van der Waals surface area contributed by atoms with Crippen molar-refractivity contribution >= 4 is 33.0 Å². The fraction of sp³-hybridized carbons (Fsp3) is 0.182. The minimum Gasteiger partial charge on any atom is -0.454 e. The lowest BCUT2D eigenvalue weighted by molar-refractivity contribution is 0.173. The highest BCUT2D eigenvalue weighted by molar-refractivity contribution is 7.91. The summed E-state index contributed by atoms with van der Waals surface area (Å²) in [5, 5.41) is 0. The van der Waals surface area contributed by atoms with Crippen molar-refractivity contribution in [2.24, 2.45) is 0 Å². The summed E-state index contributed by atoms with van der Waals surface area (Å²) in [7, 11) is -3.63. The Morgan fingerprint density at radius 3 is 3.00 bits per heavy atom. The predicted molar refractivity (Wildman–Crippen MR) is 73.7 cm³/mol. The molecule has 0 atom stereocenters. The lowest BCUT2D eigenvalue weighted by Gasteiger charge is -2.07. The molecule has 6 nitrogen and oxygen atoms in total. The Hall–Kier alpha value is -1.35. The molecule has 3 rings (SSSR count). The average molecular weight is 333 g/mol. The molecule has 0 amide bonds. The molecule has 0 fully saturated rings. The van der Waals surface area contributed by atoms with Crippen LogP contribution in [0.3, 0.4) is 0 Å². The van der Waals surface area contributed by atoms with Crippen molar-refractivity contribution in [2.45, 2.75) is 10.8 Å². The topological polar surface area (TPSA) is 77.5 Å². The van der Waals surface area contributed by atoms with Crippen LogP contribution in [0.15, 0.2) is 28.6 Å². The zero-order valence-electron chi connectivity index (χ0n) is 10.00. The number of rotatable bonds is 4. The second-order valence-electron chi connectivity index (χ2n) is 3.91. The number of benzene rings is 1. The van der Waals surface area contributed by atoms with Crippen molar-refractivity contribution in [1.82, 2.24) is 9.71 Å². The van der Waals surface area contributed by atoms with Gasteiger partial charge in [0.25, 0.3) is 10.0 Å². The van der Waals surface area contributed by atoms with Gasteiger partial charge in [0.1, 0.15) is 0 Å².